The van der Waals surface area contributed by atoms with E-state index in [1.807, 2.05) is 19.1 Å². The Morgan fingerprint density at radius 3 is 2.60 bits per heavy atom. The number of hydrogen-bond acceptors (Lipinski definition) is 6. The van der Waals surface area contributed by atoms with Gasteiger partial charge in [-0.2, -0.15) is 0 Å². The van der Waals surface area contributed by atoms with Crippen LogP contribution in [-0.4, -0.2) is 57.6 Å². The molecule has 3 amide bonds. The molecule has 3 aliphatic heterocycles. The molecule has 2 saturated heterocycles. The molecule has 1 saturated carbocycles. The van der Waals surface area contributed by atoms with Gasteiger partial charge in [0.05, 0.1) is 17.4 Å². The Bertz CT molecular complexity index is 1040. The van der Waals surface area contributed by atoms with Gasteiger partial charge in [-0.3, -0.25) is 14.4 Å². The largest absolute Gasteiger partial charge is 0.360 e. The van der Waals surface area contributed by atoms with E-state index in [4.69, 9.17) is 9.26 Å². The molecule has 1 aliphatic carbocycles. The number of rotatable bonds is 7. The first kappa shape index (κ1) is 24.0. The Morgan fingerprint density at radius 2 is 1.94 bits per heavy atom. The Kier molecular flexibility index (Phi) is 6.02. The fraction of sp³-hybridized carbons (Fsp3) is 0.692. The van der Waals surface area contributed by atoms with Crippen LogP contribution in [0.4, 0.5) is 5.82 Å². The summed E-state index contributed by atoms with van der Waals surface area (Å²) >= 11 is 0. The van der Waals surface area contributed by atoms with Crippen molar-refractivity contribution in [2.45, 2.75) is 89.5 Å². The van der Waals surface area contributed by atoms with Gasteiger partial charge in [-0.25, -0.2) is 0 Å². The Balaban J connectivity index is 1.46. The van der Waals surface area contributed by atoms with Crippen molar-refractivity contribution in [1.82, 2.24) is 15.4 Å². The van der Waals surface area contributed by atoms with Crippen molar-refractivity contribution in [2.75, 3.05) is 11.9 Å². The zero-order chi connectivity index (χ0) is 25.0. The predicted molar refractivity (Wildman–Crippen MR) is 128 cm³/mol. The highest BCUT2D eigenvalue weighted by molar-refractivity contribution is 6.03. The van der Waals surface area contributed by atoms with E-state index in [0.29, 0.717) is 24.0 Å². The summed E-state index contributed by atoms with van der Waals surface area (Å²) in [6, 6.07) is 0.943. The van der Waals surface area contributed by atoms with Crippen LogP contribution in [0.5, 0.6) is 0 Å². The minimum absolute atomic E-state index is 0.112. The average Bonchev–Trinajstić information content (AvgIpc) is 3.50. The number of hydrogen-bond donors (Lipinski definition) is 2. The van der Waals surface area contributed by atoms with Crippen LogP contribution in [0.2, 0.25) is 0 Å². The average molecular weight is 485 g/mol. The highest BCUT2D eigenvalue weighted by Crippen LogP contribution is 2.59. The van der Waals surface area contributed by atoms with Crippen molar-refractivity contribution >= 4 is 23.5 Å². The summed E-state index contributed by atoms with van der Waals surface area (Å²) in [5.41, 5.74) is -2.15. The lowest BCUT2D eigenvalue weighted by molar-refractivity contribution is -0.144. The van der Waals surface area contributed by atoms with Gasteiger partial charge in [0.25, 0.3) is 0 Å². The van der Waals surface area contributed by atoms with Crippen LogP contribution >= 0.6 is 0 Å². The van der Waals surface area contributed by atoms with E-state index < -0.39 is 29.1 Å². The summed E-state index contributed by atoms with van der Waals surface area (Å²) in [7, 11) is 0. The van der Waals surface area contributed by atoms with Crippen molar-refractivity contribution < 1.29 is 23.6 Å². The number of aromatic nitrogens is 1. The molecule has 1 aromatic rings. The molecule has 5 atom stereocenters. The number of ether oxygens (including phenoxy) is 1. The van der Waals surface area contributed by atoms with Crippen LogP contribution in [0.15, 0.2) is 22.7 Å². The number of carbonyl (C=O) groups is 3. The first-order valence-corrected chi connectivity index (χ1v) is 12.9. The van der Waals surface area contributed by atoms with Gasteiger partial charge in [-0.15, -0.1) is 0 Å². The van der Waals surface area contributed by atoms with Crippen LogP contribution in [0, 0.1) is 24.7 Å². The first-order valence-electron chi connectivity index (χ1n) is 12.9. The van der Waals surface area contributed by atoms with E-state index in [0.717, 1.165) is 32.1 Å². The van der Waals surface area contributed by atoms with E-state index in [1.54, 1.807) is 17.9 Å². The molecule has 3 fully saturated rings. The topological polar surface area (TPSA) is 114 Å². The normalized spacial score (nSPS) is 34.0. The molecule has 1 aromatic heterocycles. The van der Waals surface area contributed by atoms with Crippen molar-refractivity contribution in [3.8, 4) is 0 Å². The second kappa shape index (κ2) is 8.76. The zero-order valence-corrected chi connectivity index (χ0v) is 21.0. The number of anilines is 1. The van der Waals surface area contributed by atoms with Gasteiger partial charge < -0.3 is 24.8 Å². The van der Waals surface area contributed by atoms with Crippen LogP contribution in [0.3, 0.4) is 0 Å². The minimum Gasteiger partial charge on any atom is -0.360 e. The second-order valence-electron chi connectivity index (χ2n) is 11.2. The molecule has 35 heavy (non-hydrogen) atoms. The van der Waals surface area contributed by atoms with Gasteiger partial charge in [-0.1, -0.05) is 50.4 Å². The first-order chi connectivity index (χ1) is 16.6. The molecule has 4 aliphatic rings. The van der Waals surface area contributed by atoms with Gasteiger partial charge in [0.1, 0.15) is 17.4 Å². The predicted octanol–water partition coefficient (Wildman–Crippen LogP) is 2.96. The lowest BCUT2D eigenvalue weighted by atomic mass is 9.70. The number of carbonyl (C=O) groups excluding carboxylic acids is 3. The third kappa shape index (κ3) is 3.97. The molecule has 4 heterocycles. The molecule has 0 radical (unpaired) electrons. The fourth-order valence-electron chi connectivity index (χ4n) is 6.42. The molecule has 0 unspecified atom stereocenters. The summed E-state index contributed by atoms with van der Waals surface area (Å²) in [6.45, 7) is 8.19. The molecule has 190 valence electrons. The fourth-order valence-corrected chi connectivity index (χ4v) is 6.42. The minimum atomic E-state index is -1.16. The van der Waals surface area contributed by atoms with Gasteiger partial charge in [0, 0.05) is 18.7 Å². The van der Waals surface area contributed by atoms with E-state index in [1.165, 1.54) is 6.42 Å². The molecule has 5 rings (SSSR count). The number of aryl methyl sites for hydroxylation is 1. The molecule has 9 nitrogen and oxygen atoms in total. The van der Waals surface area contributed by atoms with Crippen LogP contribution in [-0.2, 0) is 19.1 Å². The van der Waals surface area contributed by atoms with Crippen molar-refractivity contribution in [3.05, 3.63) is 24.0 Å². The van der Waals surface area contributed by atoms with E-state index in [9.17, 15) is 14.4 Å². The lowest BCUT2D eigenvalue weighted by Crippen LogP contribution is -2.56. The molecular formula is C26H36N4O5. The lowest BCUT2D eigenvalue weighted by Gasteiger charge is -2.35. The molecular weight excluding hydrogens is 448 g/mol. The molecule has 9 heteroatoms. The molecule has 2 bridgehead atoms. The van der Waals surface area contributed by atoms with Crippen molar-refractivity contribution in [1.29, 1.82) is 0 Å². The van der Waals surface area contributed by atoms with Crippen LogP contribution < -0.4 is 10.6 Å². The summed E-state index contributed by atoms with van der Waals surface area (Å²) in [6.07, 6.45) is 9.75. The highest BCUT2D eigenvalue weighted by atomic mass is 16.5. The van der Waals surface area contributed by atoms with Crippen LogP contribution in [0.1, 0.15) is 65.1 Å². The molecule has 2 N–H and O–H groups in total. The molecule has 1 spiro atoms. The number of nitrogens with zero attached hydrogens (tertiary/aromatic N) is 2. The SMILES string of the molecule is Cc1cc(NC(=O)[C@@H]2[C@H]3C(=O)N(CCC(C)C)[C@H](C(=O)NC4CCCCC4)[C@@]34C=C[C@]2(C)O4)no1. The van der Waals surface area contributed by atoms with Gasteiger partial charge >= 0.3 is 0 Å². The maximum Gasteiger partial charge on any atom is 0.246 e. The smallest absolute Gasteiger partial charge is 0.246 e. The van der Waals surface area contributed by atoms with E-state index in [-0.39, 0.29) is 23.8 Å². The Labute approximate surface area is 206 Å². The third-order valence-electron chi connectivity index (χ3n) is 8.11. The summed E-state index contributed by atoms with van der Waals surface area (Å²) in [5, 5.41) is 9.87. The van der Waals surface area contributed by atoms with Crippen LogP contribution in [0.25, 0.3) is 0 Å². The number of fused-ring (bicyclic) bond motifs is 1. The van der Waals surface area contributed by atoms with Gasteiger partial charge in [-0.05, 0) is 39.0 Å². The van der Waals surface area contributed by atoms with Gasteiger partial charge in [0.2, 0.25) is 17.7 Å². The van der Waals surface area contributed by atoms with Crippen molar-refractivity contribution in [3.63, 3.8) is 0 Å². The third-order valence-corrected chi connectivity index (χ3v) is 8.11. The highest BCUT2D eigenvalue weighted by Gasteiger charge is 2.76. The number of amides is 3. The Hall–Kier alpha value is -2.68. The maximum atomic E-state index is 13.9. The van der Waals surface area contributed by atoms with E-state index >= 15 is 0 Å². The zero-order valence-electron chi connectivity index (χ0n) is 21.0. The van der Waals surface area contributed by atoms with Crippen molar-refractivity contribution in [2.24, 2.45) is 17.8 Å². The number of likely N-dealkylation sites (tertiary alicyclic amines) is 1. The summed E-state index contributed by atoms with van der Waals surface area (Å²) in [4.78, 5) is 42.9. The quantitative estimate of drug-likeness (QED) is 0.575. The second-order valence-corrected chi connectivity index (χ2v) is 11.2. The molecule has 0 aromatic carbocycles. The van der Waals surface area contributed by atoms with Gasteiger partial charge in [0.15, 0.2) is 5.82 Å². The Morgan fingerprint density at radius 1 is 1.20 bits per heavy atom. The number of nitrogens with one attached hydrogen (secondary N) is 2. The van der Waals surface area contributed by atoms with E-state index in [2.05, 4.69) is 29.6 Å². The maximum absolute atomic E-state index is 13.9. The standard InChI is InChI=1S/C26H36N4O5/c1-15(2)10-13-30-21(23(32)27-17-8-6-5-7-9-17)26-12-11-25(4,35-26)19(20(26)24(30)33)22(31)28-18-14-16(3)34-29-18/h11-12,14-15,17,19-21H,5-10,13H2,1-4H3,(H,27,32)(H,28,29,31)/t19-,20-,21+,25-,26+/m0/s1. The summed E-state index contributed by atoms with van der Waals surface area (Å²) < 4.78 is 11.6. The monoisotopic (exact) mass is 484 g/mol. The summed E-state index contributed by atoms with van der Waals surface area (Å²) in [5.74, 6) is -1.07.